The van der Waals surface area contributed by atoms with Gasteiger partial charge in [-0.1, -0.05) is 27.5 Å². The highest BCUT2D eigenvalue weighted by Crippen LogP contribution is 2.34. The minimum atomic E-state index is -0.0133. The Hall–Kier alpha value is -1.39. The Bertz CT molecular complexity index is 663. The van der Waals surface area contributed by atoms with E-state index < -0.39 is 0 Å². The number of hydrogen-bond acceptors (Lipinski definition) is 2. The number of nitrogens with zero attached hydrogens (tertiary/aromatic N) is 2. The Morgan fingerprint density at radius 1 is 1.29 bits per heavy atom. The quantitative estimate of drug-likeness (QED) is 0.786. The second-order valence-corrected chi connectivity index (χ2v) is 6.38. The van der Waals surface area contributed by atoms with Crippen LogP contribution in [0.2, 0.25) is 5.02 Å². The number of carbonyl (C=O) groups is 1. The fourth-order valence-corrected chi connectivity index (χ4v) is 3.32. The third kappa shape index (κ3) is 2.97. The zero-order chi connectivity index (χ0) is 14.8. The molecule has 1 atom stereocenters. The molecule has 0 saturated carbocycles. The first kappa shape index (κ1) is 14.5. The van der Waals surface area contributed by atoms with Crippen molar-refractivity contribution >= 4 is 33.4 Å². The van der Waals surface area contributed by atoms with Crippen molar-refractivity contribution in [1.82, 2.24) is 9.88 Å². The topological polar surface area (TPSA) is 33.2 Å². The first-order valence-corrected chi connectivity index (χ1v) is 8.00. The van der Waals surface area contributed by atoms with Gasteiger partial charge in [0.1, 0.15) is 0 Å². The summed E-state index contributed by atoms with van der Waals surface area (Å²) in [5, 5.41) is 0.489. The van der Waals surface area contributed by atoms with E-state index in [1.165, 1.54) is 0 Å². The van der Waals surface area contributed by atoms with Gasteiger partial charge in [-0.05, 0) is 48.7 Å². The lowest BCUT2D eigenvalue weighted by Crippen LogP contribution is -2.30. The number of benzene rings is 1. The summed E-state index contributed by atoms with van der Waals surface area (Å²) in [6.45, 7) is 0.759. The Morgan fingerprint density at radius 3 is 2.81 bits per heavy atom. The molecule has 2 heterocycles. The van der Waals surface area contributed by atoms with Crippen LogP contribution in [0, 0.1) is 0 Å². The van der Waals surface area contributed by atoms with E-state index in [0.717, 1.165) is 29.4 Å². The normalized spacial score (nSPS) is 18.0. The lowest BCUT2D eigenvalue weighted by atomic mass is 10.1. The van der Waals surface area contributed by atoms with Gasteiger partial charge in [0.15, 0.2) is 0 Å². The fourth-order valence-electron chi connectivity index (χ4n) is 2.76. The first-order valence-electron chi connectivity index (χ1n) is 6.83. The summed E-state index contributed by atoms with van der Waals surface area (Å²) >= 11 is 9.58. The van der Waals surface area contributed by atoms with Crippen molar-refractivity contribution < 1.29 is 4.79 Å². The largest absolute Gasteiger partial charge is 0.332 e. The molecular weight excluding hydrogens is 352 g/mol. The molecule has 5 heteroatoms. The van der Waals surface area contributed by atoms with Crippen LogP contribution >= 0.6 is 27.5 Å². The van der Waals surface area contributed by atoms with Crippen LogP contribution in [0.1, 0.15) is 34.8 Å². The molecule has 1 fully saturated rings. The number of likely N-dealkylation sites (tertiary alicyclic amines) is 1. The van der Waals surface area contributed by atoms with E-state index in [1.807, 2.05) is 23.1 Å². The molecule has 1 aromatic heterocycles. The SMILES string of the molecule is O=C(c1cc(Br)ccc1Cl)N1CCC[C@@H]1c1ccncc1. The highest BCUT2D eigenvalue weighted by Gasteiger charge is 2.31. The molecule has 1 aromatic carbocycles. The summed E-state index contributed by atoms with van der Waals surface area (Å²) < 4.78 is 0.856. The summed E-state index contributed by atoms with van der Waals surface area (Å²) in [5.74, 6) is -0.0133. The maximum atomic E-state index is 12.8. The van der Waals surface area contributed by atoms with Crippen molar-refractivity contribution in [3.05, 3.63) is 63.3 Å². The van der Waals surface area contributed by atoms with E-state index in [4.69, 9.17) is 11.6 Å². The van der Waals surface area contributed by atoms with Crippen LogP contribution in [-0.2, 0) is 0 Å². The van der Waals surface area contributed by atoms with Gasteiger partial charge >= 0.3 is 0 Å². The predicted molar refractivity (Wildman–Crippen MR) is 86.4 cm³/mol. The molecular formula is C16H14BrClN2O. The van der Waals surface area contributed by atoms with Gasteiger partial charge in [0, 0.05) is 23.4 Å². The highest BCUT2D eigenvalue weighted by atomic mass is 79.9. The summed E-state index contributed by atoms with van der Waals surface area (Å²) in [6.07, 6.45) is 5.51. The Labute approximate surface area is 137 Å². The number of rotatable bonds is 2. The Morgan fingerprint density at radius 2 is 2.05 bits per heavy atom. The van der Waals surface area contributed by atoms with Crippen LogP contribution in [0.4, 0.5) is 0 Å². The van der Waals surface area contributed by atoms with Gasteiger partial charge in [-0.15, -0.1) is 0 Å². The number of aromatic nitrogens is 1. The summed E-state index contributed by atoms with van der Waals surface area (Å²) in [6, 6.07) is 9.42. The number of halogens is 2. The Balaban J connectivity index is 1.92. The second-order valence-electron chi connectivity index (χ2n) is 5.06. The van der Waals surface area contributed by atoms with Gasteiger partial charge < -0.3 is 4.90 Å². The van der Waals surface area contributed by atoms with Crippen molar-refractivity contribution in [2.24, 2.45) is 0 Å². The van der Waals surface area contributed by atoms with Gasteiger partial charge in [-0.25, -0.2) is 0 Å². The molecule has 0 N–H and O–H groups in total. The summed E-state index contributed by atoms with van der Waals surface area (Å²) in [5.41, 5.74) is 1.67. The van der Waals surface area contributed by atoms with Crippen LogP contribution in [-0.4, -0.2) is 22.3 Å². The molecule has 1 aliphatic rings. The molecule has 0 spiro atoms. The smallest absolute Gasteiger partial charge is 0.255 e. The molecule has 1 saturated heterocycles. The fraction of sp³-hybridized carbons (Fsp3) is 0.250. The Kier molecular flexibility index (Phi) is 4.27. The average Bonchev–Trinajstić information content (AvgIpc) is 2.99. The third-order valence-corrected chi connectivity index (χ3v) is 4.59. The second kappa shape index (κ2) is 6.16. The number of carbonyl (C=O) groups excluding carboxylic acids is 1. The summed E-state index contributed by atoms with van der Waals surface area (Å²) in [4.78, 5) is 18.8. The van der Waals surface area contributed by atoms with E-state index in [9.17, 15) is 4.79 Å². The maximum absolute atomic E-state index is 12.8. The van der Waals surface area contributed by atoms with Gasteiger partial charge in [0.2, 0.25) is 0 Å². The molecule has 1 amide bonds. The standard InChI is InChI=1S/C16H14BrClN2O/c17-12-3-4-14(18)13(10-12)16(21)20-9-1-2-15(20)11-5-7-19-8-6-11/h3-8,10,15H,1-2,9H2/t15-/m1/s1. The molecule has 3 rings (SSSR count). The maximum Gasteiger partial charge on any atom is 0.255 e. The van der Waals surface area contributed by atoms with E-state index in [-0.39, 0.29) is 11.9 Å². The average molecular weight is 366 g/mol. The molecule has 2 aromatic rings. The van der Waals surface area contributed by atoms with Crippen LogP contribution in [0.3, 0.4) is 0 Å². The minimum absolute atomic E-state index is 0.0133. The van der Waals surface area contributed by atoms with E-state index in [0.29, 0.717) is 10.6 Å². The zero-order valence-electron chi connectivity index (χ0n) is 11.3. The number of amides is 1. The van der Waals surface area contributed by atoms with Gasteiger partial charge in [-0.2, -0.15) is 0 Å². The predicted octanol–water partition coefficient (Wildman–Crippen LogP) is 4.47. The van der Waals surface area contributed by atoms with Crippen LogP contribution in [0.5, 0.6) is 0 Å². The number of pyridine rings is 1. The molecule has 0 bridgehead atoms. The van der Waals surface area contributed by atoms with Crippen LogP contribution < -0.4 is 0 Å². The van der Waals surface area contributed by atoms with Gasteiger partial charge in [0.05, 0.1) is 16.6 Å². The van der Waals surface area contributed by atoms with E-state index in [2.05, 4.69) is 20.9 Å². The van der Waals surface area contributed by atoms with E-state index in [1.54, 1.807) is 24.5 Å². The summed E-state index contributed by atoms with van der Waals surface area (Å²) in [7, 11) is 0. The molecule has 0 radical (unpaired) electrons. The van der Waals surface area contributed by atoms with Crippen LogP contribution in [0.25, 0.3) is 0 Å². The molecule has 0 unspecified atom stereocenters. The highest BCUT2D eigenvalue weighted by molar-refractivity contribution is 9.10. The number of hydrogen-bond donors (Lipinski definition) is 0. The minimum Gasteiger partial charge on any atom is -0.332 e. The van der Waals surface area contributed by atoms with Crippen molar-refractivity contribution in [3.63, 3.8) is 0 Å². The van der Waals surface area contributed by atoms with Crippen molar-refractivity contribution in [1.29, 1.82) is 0 Å². The van der Waals surface area contributed by atoms with E-state index >= 15 is 0 Å². The monoisotopic (exact) mass is 364 g/mol. The van der Waals surface area contributed by atoms with Gasteiger partial charge in [0.25, 0.3) is 5.91 Å². The molecule has 108 valence electrons. The molecule has 1 aliphatic heterocycles. The molecule has 21 heavy (non-hydrogen) atoms. The first-order chi connectivity index (χ1) is 10.2. The molecule has 3 nitrogen and oxygen atoms in total. The zero-order valence-corrected chi connectivity index (χ0v) is 13.6. The van der Waals surface area contributed by atoms with Crippen LogP contribution in [0.15, 0.2) is 47.2 Å². The molecule has 0 aliphatic carbocycles. The van der Waals surface area contributed by atoms with Gasteiger partial charge in [-0.3, -0.25) is 9.78 Å². The van der Waals surface area contributed by atoms with Crippen molar-refractivity contribution in [3.8, 4) is 0 Å². The third-order valence-electron chi connectivity index (χ3n) is 3.76. The van der Waals surface area contributed by atoms with Crippen molar-refractivity contribution in [2.75, 3.05) is 6.54 Å². The van der Waals surface area contributed by atoms with Crippen molar-refractivity contribution in [2.45, 2.75) is 18.9 Å². The lowest BCUT2D eigenvalue weighted by molar-refractivity contribution is 0.0735. The lowest BCUT2D eigenvalue weighted by Gasteiger charge is -2.25.